The lowest BCUT2D eigenvalue weighted by molar-refractivity contribution is 0.0636. The second-order valence-corrected chi connectivity index (χ2v) is 7.44. The number of aliphatic hydroxyl groups is 1. The van der Waals surface area contributed by atoms with Crippen LogP contribution in [0.1, 0.15) is 52.1 Å². The van der Waals surface area contributed by atoms with Crippen molar-refractivity contribution in [1.82, 2.24) is 9.97 Å². The molecule has 0 aliphatic heterocycles. The first-order chi connectivity index (χ1) is 11.6. The van der Waals surface area contributed by atoms with E-state index in [0.717, 1.165) is 5.69 Å². The van der Waals surface area contributed by atoms with E-state index in [0.29, 0.717) is 11.4 Å². The summed E-state index contributed by atoms with van der Waals surface area (Å²) in [5.41, 5.74) is 0.612. The van der Waals surface area contributed by atoms with Crippen LogP contribution in [0, 0.1) is 0 Å². The van der Waals surface area contributed by atoms with Gasteiger partial charge in [-0.05, 0) is 45.0 Å². The maximum Gasteiger partial charge on any atom is 0.412 e. The predicted octanol–water partition coefficient (Wildman–Crippen LogP) is 3.83. The minimum atomic E-state index is -0.835. The highest BCUT2D eigenvalue weighted by molar-refractivity contribution is 5.84. The van der Waals surface area contributed by atoms with Crippen LogP contribution in [0.3, 0.4) is 0 Å². The van der Waals surface area contributed by atoms with Crippen LogP contribution in [0.4, 0.5) is 10.5 Å². The van der Waals surface area contributed by atoms with Crippen molar-refractivity contribution in [1.29, 1.82) is 0 Å². The van der Waals surface area contributed by atoms with Crippen molar-refractivity contribution in [3.05, 3.63) is 54.1 Å². The number of amides is 1. The van der Waals surface area contributed by atoms with E-state index in [1.54, 1.807) is 39.1 Å². The third-order valence-electron chi connectivity index (χ3n) is 3.72. The van der Waals surface area contributed by atoms with Crippen molar-refractivity contribution in [2.75, 3.05) is 5.32 Å². The number of rotatable bonds is 4. The molecule has 2 heterocycles. The van der Waals surface area contributed by atoms with Gasteiger partial charge in [-0.25, -0.2) is 4.79 Å². The Hall–Kier alpha value is -2.47. The largest absolute Gasteiger partial charge is 0.444 e. The van der Waals surface area contributed by atoms with Gasteiger partial charge in [-0.15, -0.1) is 0 Å². The number of anilines is 1. The van der Waals surface area contributed by atoms with Gasteiger partial charge in [0, 0.05) is 17.3 Å². The number of nitrogens with one attached hydrogen (secondary N) is 1. The number of carbonyl (C=O) groups is 1. The molecule has 25 heavy (non-hydrogen) atoms. The van der Waals surface area contributed by atoms with Crippen LogP contribution in [0.5, 0.6) is 0 Å². The number of ether oxygens (including phenoxy) is 1. The van der Waals surface area contributed by atoms with Crippen LogP contribution < -0.4 is 5.32 Å². The summed E-state index contributed by atoms with van der Waals surface area (Å²) in [4.78, 5) is 20.4. The molecule has 134 valence electrons. The highest BCUT2D eigenvalue weighted by atomic mass is 16.6. The number of hydrogen-bond acceptors (Lipinski definition) is 5. The summed E-state index contributed by atoms with van der Waals surface area (Å²) in [6.45, 7) is 9.21. The summed E-state index contributed by atoms with van der Waals surface area (Å²) in [5, 5.41) is 13.3. The fourth-order valence-corrected chi connectivity index (χ4v) is 2.32. The van der Waals surface area contributed by atoms with E-state index in [-0.39, 0.29) is 0 Å². The molecule has 0 saturated carbocycles. The molecule has 6 heteroatoms. The van der Waals surface area contributed by atoms with E-state index >= 15 is 0 Å². The molecule has 0 fully saturated rings. The molecule has 0 bridgehead atoms. The normalized spacial score (nSPS) is 13.2. The van der Waals surface area contributed by atoms with Gasteiger partial charge < -0.3 is 9.84 Å². The minimum absolute atomic E-state index is 0.501. The molecule has 1 unspecified atom stereocenters. The molecule has 2 aromatic rings. The Morgan fingerprint density at radius 2 is 1.84 bits per heavy atom. The molecule has 2 aromatic heterocycles. The Labute approximate surface area is 148 Å². The van der Waals surface area contributed by atoms with Gasteiger partial charge in [0.25, 0.3) is 0 Å². The van der Waals surface area contributed by atoms with Crippen LogP contribution in [-0.4, -0.2) is 26.8 Å². The number of hydrogen-bond donors (Lipinski definition) is 2. The zero-order valence-corrected chi connectivity index (χ0v) is 15.3. The van der Waals surface area contributed by atoms with Crippen LogP contribution in [-0.2, 0) is 10.2 Å². The monoisotopic (exact) mass is 343 g/mol. The third kappa shape index (κ3) is 5.00. The van der Waals surface area contributed by atoms with Crippen LogP contribution in [0.2, 0.25) is 0 Å². The Balaban J connectivity index is 2.10. The molecular weight excluding hydrogens is 318 g/mol. The number of pyridine rings is 2. The standard InChI is InChI=1S/C19H25N3O3/c1-18(2,3)25-17(24)22-13-9-10-14(21-12-13)16(23)19(4,5)15-8-6-7-11-20-15/h6-12,16,23H,1-5H3,(H,22,24). The van der Waals surface area contributed by atoms with E-state index in [4.69, 9.17) is 4.74 Å². The number of carbonyl (C=O) groups excluding carboxylic acids is 1. The molecule has 6 nitrogen and oxygen atoms in total. The van der Waals surface area contributed by atoms with Crippen molar-refractivity contribution in [2.24, 2.45) is 0 Å². The minimum Gasteiger partial charge on any atom is -0.444 e. The number of aromatic nitrogens is 2. The first-order valence-corrected chi connectivity index (χ1v) is 8.15. The lowest BCUT2D eigenvalue weighted by Gasteiger charge is -2.29. The van der Waals surface area contributed by atoms with E-state index < -0.39 is 23.2 Å². The molecule has 1 amide bonds. The highest BCUT2D eigenvalue weighted by Crippen LogP contribution is 2.34. The quantitative estimate of drug-likeness (QED) is 0.881. The van der Waals surface area contributed by atoms with E-state index in [9.17, 15) is 9.90 Å². The molecule has 0 spiro atoms. The molecule has 0 aromatic carbocycles. The van der Waals surface area contributed by atoms with Crippen LogP contribution >= 0.6 is 0 Å². The van der Waals surface area contributed by atoms with E-state index in [2.05, 4.69) is 15.3 Å². The van der Waals surface area contributed by atoms with Gasteiger partial charge >= 0.3 is 6.09 Å². The second-order valence-electron chi connectivity index (χ2n) is 7.44. The first-order valence-electron chi connectivity index (χ1n) is 8.15. The summed E-state index contributed by atoms with van der Waals surface area (Å²) < 4.78 is 5.20. The lowest BCUT2D eigenvalue weighted by atomic mass is 9.81. The summed E-state index contributed by atoms with van der Waals surface area (Å²) in [6.07, 6.45) is 1.82. The smallest absolute Gasteiger partial charge is 0.412 e. The third-order valence-corrected chi connectivity index (χ3v) is 3.72. The van der Waals surface area contributed by atoms with Crippen molar-refractivity contribution >= 4 is 11.8 Å². The van der Waals surface area contributed by atoms with Crippen molar-refractivity contribution < 1.29 is 14.6 Å². The maximum absolute atomic E-state index is 11.8. The Morgan fingerprint density at radius 1 is 1.12 bits per heavy atom. The highest BCUT2D eigenvalue weighted by Gasteiger charge is 2.33. The van der Waals surface area contributed by atoms with Gasteiger partial charge in [-0.1, -0.05) is 19.9 Å². The van der Waals surface area contributed by atoms with E-state index in [1.165, 1.54) is 6.20 Å². The average Bonchev–Trinajstić information content (AvgIpc) is 2.54. The molecule has 0 saturated heterocycles. The Bertz CT molecular complexity index is 707. The summed E-state index contributed by atoms with van der Waals surface area (Å²) >= 11 is 0. The number of nitrogens with zero attached hydrogens (tertiary/aromatic N) is 2. The maximum atomic E-state index is 11.8. The van der Waals surface area contributed by atoms with Gasteiger partial charge in [0.15, 0.2) is 0 Å². The zero-order valence-electron chi connectivity index (χ0n) is 15.3. The average molecular weight is 343 g/mol. The molecule has 2 N–H and O–H groups in total. The van der Waals surface area contributed by atoms with Crippen LogP contribution in [0.25, 0.3) is 0 Å². The Morgan fingerprint density at radius 3 is 2.36 bits per heavy atom. The molecule has 0 aliphatic rings. The van der Waals surface area contributed by atoms with E-state index in [1.807, 2.05) is 32.0 Å². The molecular formula is C19H25N3O3. The van der Waals surface area contributed by atoms with Crippen molar-refractivity contribution in [3.8, 4) is 0 Å². The summed E-state index contributed by atoms with van der Waals surface area (Å²) in [6, 6.07) is 8.97. The van der Waals surface area contributed by atoms with Gasteiger partial charge in [0.2, 0.25) is 0 Å². The molecule has 2 rings (SSSR count). The molecule has 0 aliphatic carbocycles. The lowest BCUT2D eigenvalue weighted by Crippen LogP contribution is -2.29. The van der Waals surface area contributed by atoms with Crippen molar-refractivity contribution in [2.45, 2.75) is 51.7 Å². The first kappa shape index (κ1) is 18.9. The van der Waals surface area contributed by atoms with Gasteiger partial charge in [0.1, 0.15) is 11.7 Å². The SMILES string of the molecule is CC(C)(C)OC(=O)Nc1ccc(C(O)C(C)(C)c2ccccn2)nc1. The summed E-state index contributed by atoms with van der Waals surface area (Å²) in [5.74, 6) is 0. The van der Waals surface area contributed by atoms with Gasteiger partial charge in [-0.2, -0.15) is 0 Å². The fourth-order valence-electron chi connectivity index (χ4n) is 2.32. The topological polar surface area (TPSA) is 84.3 Å². The number of aliphatic hydroxyl groups excluding tert-OH is 1. The molecule has 1 atom stereocenters. The van der Waals surface area contributed by atoms with Crippen molar-refractivity contribution in [3.63, 3.8) is 0 Å². The van der Waals surface area contributed by atoms with Gasteiger partial charge in [-0.3, -0.25) is 15.3 Å². The summed E-state index contributed by atoms with van der Waals surface area (Å²) in [7, 11) is 0. The Kier molecular flexibility index (Phi) is 5.42. The van der Waals surface area contributed by atoms with Gasteiger partial charge in [0.05, 0.1) is 17.6 Å². The fraction of sp³-hybridized carbons (Fsp3) is 0.421. The zero-order chi connectivity index (χ0) is 18.7. The van der Waals surface area contributed by atoms with Crippen LogP contribution in [0.15, 0.2) is 42.7 Å². The second kappa shape index (κ2) is 7.19. The predicted molar refractivity (Wildman–Crippen MR) is 96.3 cm³/mol. The molecule has 0 radical (unpaired) electrons.